The molecule has 3 atom stereocenters. The lowest BCUT2D eigenvalue weighted by molar-refractivity contribution is 0.1000. The van der Waals surface area contributed by atoms with Crippen LogP contribution in [0.1, 0.15) is 29.3 Å². The first-order chi connectivity index (χ1) is 8.58. The molecule has 3 unspecified atom stereocenters. The van der Waals surface area contributed by atoms with Gasteiger partial charge in [0.2, 0.25) is 5.91 Å². The second-order valence-corrected chi connectivity index (χ2v) is 6.15. The molecule has 1 aliphatic heterocycles. The van der Waals surface area contributed by atoms with E-state index in [1.54, 1.807) is 18.2 Å². The number of rotatable bonds is 4. The van der Waals surface area contributed by atoms with E-state index < -0.39 is 16.7 Å². The van der Waals surface area contributed by atoms with Crippen LogP contribution in [0.15, 0.2) is 24.3 Å². The third-order valence-corrected chi connectivity index (χ3v) is 5.08. The molecule has 0 radical (unpaired) electrons. The normalized spacial score (nSPS) is 24.9. The van der Waals surface area contributed by atoms with Crippen LogP contribution in [0.2, 0.25) is 0 Å². The number of primary amides is 1. The van der Waals surface area contributed by atoms with Gasteiger partial charge in [0.05, 0.1) is 11.4 Å². The largest absolute Gasteiger partial charge is 0.377 e. The summed E-state index contributed by atoms with van der Waals surface area (Å²) in [7, 11) is -0.975. The topological polar surface area (TPSA) is 69.4 Å². The van der Waals surface area contributed by atoms with Crippen LogP contribution in [0, 0.1) is 0 Å². The lowest BCUT2D eigenvalue weighted by Gasteiger charge is -2.13. The molecule has 2 rings (SSSR count). The highest BCUT2D eigenvalue weighted by Crippen LogP contribution is 2.21. The number of hydrogen-bond acceptors (Lipinski definition) is 3. The number of amides is 1. The minimum absolute atomic E-state index is 0.0464. The quantitative estimate of drug-likeness (QED) is 0.891. The summed E-state index contributed by atoms with van der Waals surface area (Å²) in [6.07, 6.45) is 0.883. The van der Waals surface area contributed by atoms with E-state index in [0.29, 0.717) is 17.9 Å². The highest BCUT2D eigenvalue weighted by Gasteiger charge is 2.29. The fourth-order valence-electron chi connectivity index (χ4n) is 2.14. The molecule has 5 heteroatoms. The lowest BCUT2D eigenvalue weighted by Crippen LogP contribution is -2.24. The molecular formula is C13H17NO3S. The van der Waals surface area contributed by atoms with Crippen molar-refractivity contribution in [2.75, 3.05) is 6.61 Å². The Balaban J connectivity index is 2.07. The zero-order valence-corrected chi connectivity index (χ0v) is 11.1. The Hall–Kier alpha value is -1.20. The molecular weight excluding hydrogens is 250 g/mol. The molecule has 0 bridgehead atoms. The van der Waals surface area contributed by atoms with Crippen LogP contribution in [-0.2, 0) is 21.3 Å². The number of nitrogens with two attached hydrogens (primary N) is 1. The Kier molecular flexibility index (Phi) is 4.14. The summed E-state index contributed by atoms with van der Waals surface area (Å²) < 4.78 is 17.6. The van der Waals surface area contributed by atoms with Gasteiger partial charge in [-0.3, -0.25) is 9.00 Å². The molecule has 1 fully saturated rings. The molecule has 1 aromatic carbocycles. The van der Waals surface area contributed by atoms with Crippen molar-refractivity contribution in [3.8, 4) is 0 Å². The molecule has 4 nitrogen and oxygen atoms in total. The Morgan fingerprint density at radius 2 is 2.33 bits per heavy atom. The monoisotopic (exact) mass is 267 g/mol. The molecule has 1 amide bonds. The van der Waals surface area contributed by atoms with Gasteiger partial charge in [-0.1, -0.05) is 12.1 Å². The third kappa shape index (κ3) is 2.97. The maximum absolute atomic E-state index is 12.2. The Labute approximate surface area is 109 Å². The van der Waals surface area contributed by atoms with Crippen LogP contribution < -0.4 is 5.73 Å². The van der Waals surface area contributed by atoms with Crippen LogP contribution >= 0.6 is 0 Å². The van der Waals surface area contributed by atoms with E-state index in [0.717, 1.165) is 12.0 Å². The summed E-state index contributed by atoms with van der Waals surface area (Å²) in [6, 6.07) is 7.00. The van der Waals surface area contributed by atoms with Gasteiger partial charge in [-0.05, 0) is 31.0 Å². The summed E-state index contributed by atoms with van der Waals surface area (Å²) in [4.78, 5) is 11.1. The van der Waals surface area contributed by atoms with Crippen LogP contribution in [0.5, 0.6) is 0 Å². The van der Waals surface area contributed by atoms with Crippen molar-refractivity contribution in [2.24, 2.45) is 5.73 Å². The highest BCUT2D eigenvalue weighted by atomic mass is 32.2. The Morgan fingerprint density at radius 1 is 1.56 bits per heavy atom. The first-order valence-corrected chi connectivity index (χ1v) is 7.33. The van der Waals surface area contributed by atoms with E-state index in [9.17, 15) is 9.00 Å². The van der Waals surface area contributed by atoms with Gasteiger partial charge in [0.1, 0.15) is 0 Å². The maximum Gasteiger partial charge on any atom is 0.248 e. The molecule has 0 aromatic heterocycles. The fourth-order valence-corrected chi connectivity index (χ4v) is 3.73. The SMILES string of the molecule is CC1OCCC1S(=O)Cc1cccc(C(N)=O)c1. The van der Waals surface area contributed by atoms with E-state index in [1.165, 1.54) is 0 Å². The first-order valence-electron chi connectivity index (χ1n) is 5.95. The number of carbonyl (C=O) groups is 1. The number of carbonyl (C=O) groups excluding carboxylic acids is 1. The maximum atomic E-state index is 12.2. The zero-order chi connectivity index (χ0) is 13.1. The molecule has 1 aromatic rings. The molecule has 1 aliphatic rings. The molecule has 0 saturated carbocycles. The predicted molar refractivity (Wildman–Crippen MR) is 70.6 cm³/mol. The van der Waals surface area contributed by atoms with Crippen molar-refractivity contribution in [2.45, 2.75) is 30.5 Å². The minimum Gasteiger partial charge on any atom is -0.377 e. The van der Waals surface area contributed by atoms with Crippen LogP contribution in [-0.4, -0.2) is 28.1 Å². The molecule has 18 heavy (non-hydrogen) atoms. The average molecular weight is 267 g/mol. The van der Waals surface area contributed by atoms with Crippen LogP contribution in [0.25, 0.3) is 0 Å². The Morgan fingerprint density at radius 3 is 2.94 bits per heavy atom. The van der Waals surface area contributed by atoms with E-state index >= 15 is 0 Å². The minimum atomic E-state index is -0.975. The third-order valence-electron chi connectivity index (χ3n) is 3.16. The molecule has 0 aliphatic carbocycles. The van der Waals surface area contributed by atoms with Gasteiger partial charge in [0.15, 0.2) is 0 Å². The van der Waals surface area contributed by atoms with Gasteiger partial charge in [-0.25, -0.2) is 0 Å². The lowest BCUT2D eigenvalue weighted by atomic mass is 10.1. The number of ether oxygens (including phenoxy) is 1. The molecule has 1 saturated heterocycles. The van der Waals surface area contributed by atoms with Crippen molar-refractivity contribution >= 4 is 16.7 Å². The van der Waals surface area contributed by atoms with Gasteiger partial charge in [-0.2, -0.15) is 0 Å². The fraction of sp³-hybridized carbons (Fsp3) is 0.462. The van der Waals surface area contributed by atoms with Crippen molar-refractivity contribution in [1.82, 2.24) is 0 Å². The highest BCUT2D eigenvalue weighted by molar-refractivity contribution is 7.84. The second-order valence-electron chi connectivity index (χ2n) is 4.49. The van der Waals surface area contributed by atoms with Crippen molar-refractivity contribution in [3.63, 3.8) is 0 Å². The van der Waals surface area contributed by atoms with Crippen molar-refractivity contribution in [1.29, 1.82) is 0 Å². The molecule has 2 N–H and O–H groups in total. The number of hydrogen-bond donors (Lipinski definition) is 1. The van der Waals surface area contributed by atoms with Gasteiger partial charge in [0, 0.05) is 28.7 Å². The molecule has 98 valence electrons. The van der Waals surface area contributed by atoms with Crippen molar-refractivity contribution < 1.29 is 13.7 Å². The summed E-state index contributed by atoms with van der Waals surface area (Å²) >= 11 is 0. The molecule has 1 heterocycles. The van der Waals surface area contributed by atoms with Gasteiger partial charge < -0.3 is 10.5 Å². The summed E-state index contributed by atoms with van der Waals surface area (Å²) in [5.74, 6) is -0.0142. The van der Waals surface area contributed by atoms with E-state index in [4.69, 9.17) is 10.5 Å². The number of benzene rings is 1. The van der Waals surface area contributed by atoms with E-state index in [-0.39, 0.29) is 11.4 Å². The first kappa shape index (κ1) is 13.2. The predicted octanol–water partition coefficient (Wildman–Crippen LogP) is 1.21. The van der Waals surface area contributed by atoms with Crippen LogP contribution in [0.4, 0.5) is 0 Å². The second kappa shape index (κ2) is 5.63. The standard InChI is InChI=1S/C13H17NO3S/c1-9-12(5-6-17-9)18(16)8-10-3-2-4-11(7-10)13(14)15/h2-4,7,9,12H,5-6,8H2,1H3,(H2,14,15). The van der Waals surface area contributed by atoms with Crippen molar-refractivity contribution in [3.05, 3.63) is 35.4 Å². The smallest absolute Gasteiger partial charge is 0.248 e. The summed E-state index contributed by atoms with van der Waals surface area (Å²) in [6.45, 7) is 2.63. The van der Waals surface area contributed by atoms with E-state index in [2.05, 4.69) is 0 Å². The van der Waals surface area contributed by atoms with Gasteiger partial charge in [0.25, 0.3) is 0 Å². The zero-order valence-electron chi connectivity index (χ0n) is 10.3. The van der Waals surface area contributed by atoms with Gasteiger partial charge in [-0.15, -0.1) is 0 Å². The summed E-state index contributed by atoms with van der Waals surface area (Å²) in [5, 5.41) is 0.0854. The Bertz CT molecular complexity index is 475. The van der Waals surface area contributed by atoms with Gasteiger partial charge >= 0.3 is 0 Å². The van der Waals surface area contributed by atoms with Crippen LogP contribution in [0.3, 0.4) is 0 Å². The van der Waals surface area contributed by atoms with E-state index in [1.807, 2.05) is 13.0 Å². The summed E-state index contributed by atoms with van der Waals surface area (Å²) in [5.41, 5.74) is 6.56. The average Bonchev–Trinajstić information content (AvgIpc) is 2.76. The molecule has 0 spiro atoms.